The molecule has 46 heavy (non-hydrogen) atoms. The smallest absolute Gasteiger partial charge is 0.314 e. The predicted molar refractivity (Wildman–Crippen MR) is 196 cm³/mol. The fourth-order valence-corrected chi connectivity index (χ4v) is 11.8. The number of ether oxygens (including phenoxy) is 1. The lowest BCUT2D eigenvalue weighted by Crippen LogP contribution is -2.67. The number of aliphatic hydroxyl groups is 1. The van der Waals surface area contributed by atoms with Gasteiger partial charge in [0.2, 0.25) is 0 Å². The first-order valence-electron chi connectivity index (χ1n) is 16.5. The van der Waals surface area contributed by atoms with Crippen LogP contribution in [0.3, 0.4) is 0 Å². The maximum Gasteiger partial charge on any atom is 0.314 e. The highest BCUT2D eigenvalue weighted by atomic mass is 28.4. The fourth-order valence-electron chi connectivity index (χ4n) is 5.69. The number of carbonyl (C=O) groups is 1. The molecule has 7 heteroatoms. The van der Waals surface area contributed by atoms with E-state index in [1.165, 1.54) is 10.4 Å². The third-order valence-corrected chi connectivity index (χ3v) is 18.8. The summed E-state index contributed by atoms with van der Waals surface area (Å²) in [6.07, 6.45) is 2.44. The molecule has 0 radical (unpaired) electrons. The van der Waals surface area contributed by atoms with Crippen molar-refractivity contribution < 1.29 is 23.5 Å². The van der Waals surface area contributed by atoms with E-state index in [-0.39, 0.29) is 34.4 Å². The standard InChI is InChI=1S/C39H56O5Si2/c1-30(26-27-32(40)28-36(41)43-33-20-14-11-15-21-33)37(44-45(9,10)38(3,4)5)31(2)29-42-46(39(6,7)8,34-22-16-12-17-23-34)35-24-18-13-19-25-35/h11-27,30-32,37,40H,28-29H2,1-10H3/b27-26-/t30-,31-,32+,37-/m0/s1. The summed E-state index contributed by atoms with van der Waals surface area (Å²) in [6, 6.07) is 30.3. The molecule has 5 nitrogen and oxygen atoms in total. The van der Waals surface area contributed by atoms with Gasteiger partial charge >= 0.3 is 5.97 Å². The van der Waals surface area contributed by atoms with Crippen LogP contribution in [0.15, 0.2) is 103 Å². The van der Waals surface area contributed by atoms with Crippen molar-refractivity contribution in [3.05, 3.63) is 103 Å². The Bertz CT molecular complexity index is 1340. The fraction of sp³-hybridized carbons (Fsp3) is 0.462. The molecule has 0 saturated carbocycles. The van der Waals surface area contributed by atoms with E-state index < -0.39 is 28.7 Å². The lowest BCUT2D eigenvalue weighted by molar-refractivity contribution is -0.135. The summed E-state index contributed by atoms with van der Waals surface area (Å²) in [4.78, 5) is 12.5. The molecule has 0 saturated heterocycles. The highest BCUT2D eigenvalue weighted by molar-refractivity contribution is 6.99. The van der Waals surface area contributed by atoms with Crippen molar-refractivity contribution in [2.75, 3.05) is 6.61 Å². The lowest BCUT2D eigenvalue weighted by atomic mass is 9.93. The Morgan fingerprint density at radius 2 is 1.24 bits per heavy atom. The molecule has 0 unspecified atom stereocenters. The quantitative estimate of drug-likeness (QED) is 0.0819. The van der Waals surface area contributed by atoms with Crippen molar-refractivity contribution in [2.45, 2.75) is 97.2 Å². The Hall–Kier alpha value is -2.82. The number of benzene rings is 3. The van der Waals surface area contributed by atoms with Crippen molar-refractivity contribution in [3.8, 4) is 5.75 Å². The van der Waals surface area contributed by atoms with E-state index in [2.05, 4.69) is 129 Å². The van der Waals surface area contributed by atoms with Crippen LogP contribution in [0.1, 0.15) is 61.8 Å². The molecule has 0 heterocycles. The van der Waals surface area contributed by atoms with Gasteiger partial charge in [-0.2, -0.15) is 0 Å². The number of hydrogen-bond donors (Lipinski definition) is 1. The zero-order chi connectivity index (χ0) is 34.2. The Labute approximate surface area is 280 Å². The molecule has 0 aliphatic heterocycles. The van der Waals surface area contributed by atoms with E-state index in [1.807, 2.05) is 24.3 Å². The summed E-state index contributed by atoms with van der Waals surface area (Å²) < 4.78 is 19.8. The first kappa shape index (κ1) is 37.6. The van der Waals surface area contributed by atoms with Crippen LogP contribution in [0.2, 0.25) is 23.2 Å². The van der Waals surface area contributed by atoms with E-state index in [0.29, 0.717) is 12.4 Å². The number of rotatable bonds is 14. The molecule has 0 spiro atoms. The summed E-state index contributed by atoms with van der Waals surface area (Å²) >= 11 is 0. The van der Waals surface area contributed by atoms with Crippen LogP contribution in [0.5, 0.6) is 5.75 Å². The third-order valence-electron chi connectivity index (χ3n) is 9.28. The van der Waals surface area contributed by atoms with Crippen molar-refractivity contribution in [1.82, 2.24) is 0 Å². The van der Waals surface area contributed by atoms with Gasteiger partial charge in [0, 0.05) is 12.5 Å². The molecule has 4 atom stereocenters. The number of para-hydroxylation sites is 1. The Balaban J connectivity index is 1.88. The summed E-state index contributed by atoms with van der Waals surface area (Å²) in [7, 11) is -4.90. The average Bonchev–Trinajstić information content (AvgIpc) is 2.99. The van der Waals surface area contributed by atoms with Gasteiger partial charge in [0.15, 0.2) is 8.32 Å². The lowest BCUT2D eigenvalue weighted by Gasteiger charge is -2.45. The number of aliphatic hydroxyl groups excluding tert-OH is 1. The van der Waals surface area contributed by atoms with E-state index in [0.717, 1.165) is 0 Å². The van der Waals surface area contributed by atoms with Crippen molar-refractivity contribution in [1.29, 1.82) is 0 Å². The van der Waals surface area contributed by atoms with E-state index >= 15 is 0 Å². The molecule has 0 aromatic heterocycles. The minimum absolute atomic E-state index is 0.0218. The largest absolute Gasteiger partial charge is 0.426 e. The maximum atomic E-state index is 12.5. The molecule has 1 N–H and O–H groups in total. The molecule has 0 aliphatic rings. The monoisotopic (exact) mass is 660 g/mol. The second-order valence-corrected chi connectivity index (χ2v) is 24.2. The Morgan fingerprint density at radius 3 is 1.70 bits per heavy atom. The van der Waals surface area contributed by atoms with E-state index in [9.17, 15) is 9.90 Å². The normalized spacial score (nSPS) is 15.7. The summed E-state index contributed by atoms with van der Waals surface area (Å²) in [5.41, 5.74) is 0. The molecule has 3 aromatic carbocycles. The van der Waals surface area contributed by atoms with Crippen molar-refractivity contribution >= 4 is 33.0 Å². The minimum Gasteiger partial charge on any atom is -0.426 e. The molecule has 0 aliphatic carbocycles. The number of hydrogen-bond acceptors (Lipinski definition) is 5. The van der Waals surface area contributed by atoms with Gasteiger partial charge in [-0.25, -0.2) is 0 Å². The van der Waals surface area contributed by atoms with Crippen LogP contribution in [-0.2, 0) is 13.6 Å². The molecule has 3 aromatic rings. The zero-order valence-corrected chi connectivity index (χ0v) is 31.6. The number of esters is 1. The Kier molecular flexibility index (Phi) is 13.0. The summed E-state index contributed by atoms with van der Waals surface area (Å²) in [5, 5.41) is 13.1. The van der Waals surface area contributed by atoms with Crippen LogP contribution >= 0.6 is 0 Å². The molecule has 0 bridgehead atoms. The molecule has 250 valence electrons. The first-order valence-corrected chi connectivity index (χ1v) is 21.3. The summed E-state index contributed by atoms with van der Waals surface area (Å²) in [6.45, 7) is 23.1. The van der Waals surface area contributed by atoms with Gasteiger partial charge in [0.05, 0.1) is 18.6 Å². The van der Waals surface area contributed by atoms with Crippen LogP contribution in [0.4, 0.5) is 0 Å². The first-order chi connectivity index (χ1) is 21.5. The van der Waals surface area contributed by atoms with Gasteiger partial charge in [-0.1, -0.05) is 146 Å². The molecular weight excluding hydrogens is 605 g/mol. The highest BCUT2D eigenvalue weighted by Crippen LogP contribution is 2.41. The van der Waals surface area contributed by atoms with Crippen LogP contribution in [-0.4, -0.2) is 46.5 Å². The van der Waals surface area contributed by atoms with Gasteiger partial charge in [0.1, 0.15) is 5.75 Å². The molecule has 3 rings (SSSR count). The molecule has 0 fully saturated rings. The predicted octanol–water partition coefficient (Wildman–Crippen LogP) is 8.14. The van der Waals surface area contributed by atoms with Gasteiger partial charge in [0.25, 0.3) is 8.32 Å². The minimum atomic E-state index is -2.73. The highest BCUT2D eigenvalue weighted by Gasteiger charge is 2.51. The van der Waals surface area contributed by atoms with Gasteiger partial charge < -0.3 is 18.7 Å². The van der Waals surface area contributed by atoms with Crippen molar-refractivity contribution in [3.63, 3.8) is 0 Å². The van der Waals surface area contributed by atoms with Gasteiger partial charge in [-0.15, -0.1) is 0 Å². The Morgan fingerprint density at radius 1 is 0.761 bits per heavy atom. The maximum absolute atomic E-state index is 12.5. The second kappa shape index (κ2) is 15.9. The van der Waals surface area contributed by atoms with Crippen LogP contribution < -0.4 is 15.1 Å². The molecular formula is C39H56O5Si2. The zero-order valence-electron chi connectivity index (χ0n) is 29.6. The van der Waals surface area contributed by atoms with E-state index in [4.69, 9.17) is 13.6 Å². The third kappa shape index (κ3) is 9.61. The summed E-state index contributed by atoms with van der Waals surface area (Å²) in [5.74, 6) is 0.00836. The van der Waals surface area contributed by atoms with Gasteiger partial charge in [-0.05, 0) is 51.6 Å². The SMILES string of the molecule is C[C@@H](/C=C\[C@@H](O)CC(=O)Oc1ccccc1)[C@H](O[Si](C)(C)C(C)(C)C)[C@@H](C)CO[Si](c1ccccc1)(c1ccccc1)C(C)(C)C. The van der Waals surface area contributed by atoms with E-state index in [1.54, 1.807) is 18.2 Å². The second-order valence-electron chi connectivity index (χ2n) is 15.1. The number of carbonyl (C=O) groups excluding carboxylic acids is 1. The topological polar surface area (TPSA) is 65.0 Å². The van der Waals surface area contributed by atoms with Crippen LogP contribution in [0, 0.1) is 11.8 Å². The van der Waals surface area contributed by atoms with Crippen molar-refractivity contribution in [2.24, 2.45) is 11.8 Å². The van der Waals surface area contributed by atoms with Gasteiger partial charge in [-0.3, -0.25) is 4.79 Å². The molecule has 0 amide bonds. The van der Waals surface area contributed by atoms with Crippen LogP contribution in [0.25, 0.3) is 0 Å². The average molecular weight is 661 g/mol.